The molecule has 0 aliphatic carbocycles. The lowest BCUT2D eigenvalue weighted by atomic mass is 9.88. The van der Waals surface area contributed by atoms with Crippen LogP contribution in [0.1, 0.15) is 36.0 Å². The van der Waals surface area contributed by atoms with Gasteiger partial charge in [-0.15, -0.1) is 0 Å². The summed E-state index contributed by atoms with van der Waals surface area (Å²) >= 11 is 0. The van der Waals surface area contributed by atoms with Gasteiger partial charge in [-0.1, -0.05) is 0 Å². The number of aromatic nitrogens is 2. The lowest BCUT2D eigenvalue weighted by Crippen LogP contribution is -2.47. The van der Waals surface area contributed by atoms with Gasteiger partial charge in [-0.05, 0) is 31.7 Å². The van der Waals surface area contributed by atoms with E-state index in [1.807, 2.05) is 4.90 Å². The molecule has 1 aromatic rings. The molecular formula is C16H22N4O3. The van der Waals surface area contributed by atoms with Crippen molar-refractivity contribution in [1.29, 1.82) is 0 Å². The SMILES string of the molecule is CN(C)C(=O)[C@@H]1CCC2(CCN(C(=O)c3ccnnc3)CC2)O1. The molecule has 2 fully saturated rings. The number of hydrogen-bond acceptors (Lipinski definition) is 5. The summed E-state index contributed by atoms with van der Waals surface area (Å²) in [5.74, 6) is 0.0110. The fourth-order valence-electron chi connectivity index (χ4n) is 3.36. The van der Waals surface area contributed by atoms with E-state index in [9.17, 15) is 9.59 Å². The van der Waals surface area contributed by atoms with E-state index >= 15 is 0 Å². The first kappa shape index (κ1) is 15.9. The Balaban J connectivity index is 1.59. The summed E-state index contributed by atoms with van der Waals surface area (Å²) in [4.78, 5) is 27.9. The van der Waals surface area contributed by atoms with Gasteiger partial charge in [0.15, 0.2) is 0 Å². The predicted octanol–water partition coefficient (Wildman–Crippen LogP) is 0.719. The van der Waals surface area contributed by atoms with Gasteiger partial charge in [0.05, 0.1) is 23.6 Å². The maximum Gasteiger partial charge on any atom is 0.255 e. The minimum atomic E-state index is -0.336. The zero-order valence-corrected chi connectivity index (χ0v) is 13.6. The van der Waals surface area contributed by atoms with Crippen LogP contribution >= 0.6 is 0 Å². The van der Waals surface area contributed by atoms with Gasteiger partial charge in [-0.2, -0.15) is 10.2 Å². The number of ether oxygens (including phenoxy) is 1. The van der Waals surface area contributed by atoms with Crippen molar-refractivity contribution in [3.8, 4) is 0 Å². The molecule has 2 aliphatic rings. The van der Waals surface area contributed by atoms with Crippen LogP contribution < -0.4 is 0 Å². The van der Waals surface area contributed by atoms with E-state index < -0.39 is 0 Å². The van der Waals surface area contributed by atoms with Gasteiger partial charge in [0, 0.05) is 27.2 Å². The van der Waals surface area contributed by atoms with Crippen LogP contribution in [0.3, 0.4) is 0 Å². The molecule has 7 nitrogen and oxygen atoms in total. The second-order valence-corrected chi connectivity index (χ2v) is 6.48. The summed E-state index contributed by atoms with van der Waals surface area (Å²) in [5.41, 5.74) is 0.313. The van der Waals surface area contributed by atoms with Crippen LogP contribution in [0.4, 0.5) is 0 Å². The van der Waals surface area contributed by atoms with E-state index in [1.54, 1.807) is 25.1 Å². The fourth-order valence-corrected chi connectivity index (χ4v) is 3.36. The molecule has 2 saturated heterocycles. The quantitative estimate of drug-likeness (QED) is 0.803. The Hall–Kier alpha value is -2.02. The van der Waals surface area contributed by atoms with Crippen molar-refractivity contribution in [3.63, 3.8) is 0 Å². The number of hydrogen-bond donors (Lipinski definition) is 0. The van der Waals surface area contributed by atoms with Gasteiger partial charge in [-0.25, -0.2) is 0 Å². The number of carbonyl (C=O) groups excluding carboxylic acids is 2. The van der Waals surface area contributed by atoms with E-state index in [1.165, 1.54) is 12.4 Å². The maximum atomic E-state index is 12.4. The second kappa shape index (κ2) is 6.23. The topological polar surface area (TPSA) is 75.6 Å². The van der Waals surface area contributed by atoms with Crippen molar-refractivity contribution < 1.29 is 14.3 Å². The molecule has 7 heteroatoms. The van der Waals surface area contributed by atoms with Crippen molar-refractivity contribution in [1.82, 2.24) is 20.0 Å². The van der Waals surface area contributed by atoms with E-state index in [0.717, 1.165) is 25.7 Å². The van der Waals surface area contributed by atoms with E-state index in [0.29, 0.717) is 18.7 Å². The summed E-state index contributed by atoms with van der Waals surface area (Å²) in [6.45, 7) is 1.29. The molecule has 23 heavy (non-hydrogen) atoms. The molecule has 124 valence electrons. The average Bonchev–Trinajstić information content (AvgIpc) is 2.98. The van der Waals surface area contributed by atoms with Gasteiger partial charge in [-0.3, -0.25) is 9.59 Å². The highest BCUT2D eigenvalue weighted by atomic mass is 16.5. The molecular weight excluding hydrogens is 296 g/mol. The van der Waals surface area contributed by atoms with Crippen LogP contribution in [-0.2, 0) is 9.53 Å². The van der Waals surface area contributed by atoms with Crippen LogP contribution in [0.25, 0.3) is 0 Å². The minimum Gasteiger partial charge on any atom is -0.362 e. The number of piperidine rings is 1. The summed E-state index contributed by atoms with van der Waals surface area (Å²) in [7, 11) is 3.50. The first-order valence-corrected chi connectivity index (χ1v) is 7.96. The third-order valence-corrected chi connectivity index (χ3v) is 4.76. The Morgan fingerprint density at radius 2 is 2.00 bits per heavy atom. The normalized spacial score (nSPS) is 23.0. The summed E-state index contributed by atoms with van der Waals surface area (Å²) in [6.07, 6.45) is 5.87. The predicted molar refractivity (Wildman–Crippen MR) is 82.7 cm³/mol. The molecule has 3 heterocycles. The summed E-state index contributed by atoms with van der Waals surface area (Å²) < 4.78 is 6.10. The molecule has 1 atom stereocenters. The Labute approximate surface area is 135 Å². The van der Waals surface area contributed by atoms with Crippen LogP contribution in [0.5, 0.6) is 0 Å². The van der Waals surface area contributed by atoms with E-state index in [-0.39, 0.29) is 23.5 Å². The molecule has 3 rings (SSSR count). The number of rotatable bonds is 2. The summed E-state index contributed by atoms with van der Waals surface area (Å²) in [5, 5.41) is 7.45. The fraction of sp³-hybridized carbons (Fsp3) is 0.625. The number of likely N-dealkylation sites (tertiary alicyclic amines) is 1. The molecule has 2 aliphatic heterocycles. The van der Waals surface area contributed by atoms with E-state index in [2.05, 4.69) is 10.2 Å². The van der Waals surface area contributed by atoms with Crippen molar-refractivity contribution in [2.45, 2.75) is 37.4 Å². The van der Waals surface area contributed by atoms with Crippen molar-refractivity contribution >= 4 is 11.8 Å². The molecule has 0 N–H and O–H groups in total. The minimum absolute atomic E-state index is 0.0198. The van der Waals surface area contributed by atoms with Crippen LogP contribution in [0, 0.1) is 0 Å². The molecule has 1 spiro atoms. The number of nitrogens with zero attached hydrogens (tertiary/aromatic N) is 4. The monoisotopic (exact) mass is 318 g/mol. The second-order valence-electron chi connectivity index (χ2n) is 6.48. The van der Waals surface area contributed by atoms with Gasteiger partial charge in [0.1, 0.15) is 6.10 Å². The third-order valence-electron chi connectivity index (χ3n) is 4.76. The number of likely N-dealkylation sites (N-methyl/N-ethyl adjacent to an activating group) is 1. The Bertz CT molecular complexity index is 582. The van der Waals surface area contributed by atoms with Crippen LogP contribution in [0.15, 0.2) is 18.5 Å². The van der Waals surface area contributed by atoms with Gasteiger partial charge < -0.3 is 14.5 Å². The lowest BCUT2D eigenvalue weighted by Gasteiger charge is -2.39. The van der Waals surface area contributed by atoms with Crippen molar-refractivity contribution in [3.05, 3.63) is 24.0 Å². The smallest absolute Gasteiger partial charge is 0.255 e. The molecule has 1 aromatic heterocycles. The largest absolute Gasteiger partial charge is 0.362 e. The Morgan fingerprint density at radius 3 is 2.61 bits per heavy atom. The number of amides is 2. The highest BCUT2D eigenvalue weighted by Gasteiger charge is 2.45. The maximum absolute atomic E-state index is 12.4. The van der Waals surface area contributed by atoms with Crippen molar-refractivity contribution in [2.24, 2.45) is 0 Å². The Kier molecular flexibility index (Phi) is 4.30. The third kappa shape index (κ3) is 3.19. The molecule has 0 unspecified atom stereocenters. The Morgan fingerprint density at radius 1 is 1.26 bits per heavy atom. The van der Waals surface area contributed by atoms with Gasteiger partial charge in [0.2, 0.25) is 0 Å². The van der Waals surface area contributed by atoms with Crippen LogP contribution in [-0.4, -0.2) is 70.7 Å². The number of carbonyl (C=O) groups is 2. The standard InChI is InChI=1S/C16H22N4O3/c1-19(2)15(22)13-3-5-16(23-13)6-9-20(10-7-16)14(21)12-4-8-17-18-11-12/h4,8,11,13H,3,5-7,9-10H2,1-2H3/t13-/m0/s1. The summed E-state index contributed by atoms with van der Waals surface area (Å²) in [6, 6.07) is 1.68. The zero-order valence-electron chi connectivity index (χ0n) is 13.6. The zero-order chi connectivity index (χ0) is 16.4. The highest BCUT2D eigenvalue weighted by molar-refractivity contribution is 5.93. The molecule has 0 saturated carbocycles. The molecule has 0 bridgehead atoms. The van der Waals surface area contributed by atoms with Gasteiger partial charge in [0.25, 0.3) is 11.8 Å². The average molecular weight is 318 g/mol. The highest BCUT2D eigenvalue weighted by Crippen LogP contribution is 2.39. The molecule has 2 amide bonds. The van der Waals surface area contributed by atoms with Gasteiger partial charge >= 0.3 is 0 Å². The van der Waals surface area contributed by atoms with E-state index in [4.69, 9.17) is 4.74 Å². The first-order chi connectivity index (χ1) is 11.0. The lowest BCUT2D eigenvalue weighted by molar-refractivity contribution is -0.148. The first-order valence-electron chi connectivity index (χ1n) is 7.96. The molecule has 0 aromatic carbocycles. The van der Waals surface area contributed by atoms with Crippen molar-refractivity contribution in [2.75, 3.05) is 27.2 Å². The van der Waals surface area contributed by atoms with Crippen LogP contribution in [0.2, 0.25) is 0 Å². The molecule has 0 radical (unpaired) electrons.